The van der Waals surface area contributed by atoms with Crippen molar-refractivity contribution in [2.75, 3.05) is 19.0 Å². The Labute approximate surface area is 164 Å². The maximum Gasteiger partial charge on any atom is 0.355 e. The van der Waals surface area contributed by atoms with Crippen LogP contribution in [0.25, 0.3) is 0 Å². The second kappa shape index (κ2) is 8.95. The fourth-order valence-electron chi connectivity index (χ4n) is 2.95. The number of hydrogen-bond donors (Lipinski definition) is 2. The van der Waals surface area contributed by atoms with Crippen LogP contribution in [0.2, 0.25) is 5.02 Å². The summed E-state index contributed by atoms with van der Waals surface area (Å²) in [7, 11) is 1.53. The van der Waals surface area contributed by atoms with E-state index in [1.54, 1.807) is 19.1 Å². The number of esters is 1. The monoisotopic (exact) mass is 392 g/mol. The Balaban J connectivity index is 2.09. The molecule has 1 aromatic heterocycles. The highest BCUT2D eigenvalue weighted by Crippen LogP contribution is 2.31. The van der Waals surface area contributed by atoms with Crippen LogP contribution in [-0.2, 0) is 16.0 Å². The third kappa shape index (κ3) is 4.83. The second-order valence-corrected chi connectivity index (χ2v) is 6.71. The first-order chi connectivity index (χ1) is 12.8. The van der Waals surface area contributed by atoms with Gasteiger partial charge in [-0.15, -0.1) is 0 Å². The Bertz CT molecular complexity index is 858. The Morgan fingerprint density at radius 1 is 1.22 bits per heavy atom. The Morgan fingerprint density at radius 2 is 1.93 bits per heavy atom. The number of rotatable bonds is 7. The molecule has 0 aliphatic heterocycles. The molecule has 0 spiro atoms. The molecule has 0 saturated heterocycles. The summed E-state index contributed by atoms with van der Waals surface area (Å²) in [5.41, 5.74) is 4.51. The number of carbonyl (C=O) groups excluding carboxylic acids is 2. The topological polar surface area (TPSA) is 80.4 Å². The zero-order valence-corrected chi connectivity index (χ0v) is 17.0. The fraction of sp³-hybridized carbons (Fsp3) is 0.400. The van der Waals surface area contributed by atoms with E-state index in [0.717, 1.165) is 22.4 Å². The summed E-state index contributed by atoms with van der Waals surface area (Å²) in [4.78, 5) is 27.5. The smallest absolute Gasteiger partial charge is 0.355 e. The molecule has 1 heterocycles. The number of nitrogens with one attached hydrogen (secondary N) is 2. The maximum absolute atomic E-state index is 12.4. The lowest BCUT2D eigenvalue weighted by molar-refractivity contribution is -0.116. The molecule has 6 nitrogen and oxygen atoms in total. The van der Waals surface area contributed by atoms with Crippen molar-refractivity contribution in [3.05, 3.63) is 45.2 Å². The van der Waals surface area contributed by atoms with Crippen molar-refractivity contribution in [2.24, 2.45) is 0 Å². The van der Waals surface area contributed by atoms with E-state index in [-0.39, 0.29) is 18.3 Å². The van der Waals surface area contributed by atoms with Crippen LogP contribution in [0.1, 0.15) is 46.2 Å². The molecule has 1 aromatic carbocycles. The van der Waals surface area contributed by atoms with Crippen molar-refractivity contribution in [3.63, 3.8) is 0 Å². The number of aromatic nitrogens is 1. The number of benzene rings is 1. The molecule has 0 saturated carbocycles. The number of carbonyl (C=O) groups is 2. The van der Waals surface area contributed by atoms with Crippen molar-refractivity contribution in [1.29, 1.82) is 0 Å². The largest absolute Gasteiger partial charge is 0.495 e. The highest BCUT2D eigenvalue weighted by atomic mass is 35.5. The molecule has 0 unspecified atom stereocenters. The predicted octanol–water partition coefficient (Wildman–Crippen LogP) is 4.35. The Morgan fingerprint density at radius 3 is 2.56 bits per heavy atom. The summed E-state index contributed by atoms with van der Waals surface area (Å²) in [6.45, 7) is 7.68. The number of aryl methyl sites for hydroxylation is 2. The molecule has 2 rings (SSSR count). The SMILES string of the molecule is CCOC(=O)c1[nH]c(C)c(CCC(=O)Nc2cc(C)c(Cl)cc2OC)c1C. The van der Waals surface area contributed by atoms with Gasteiger partial charge in [-0.25, -0.2) is 4.79 Å². The summed E-state index contributed by atoms with van der Waals surface area (Å²) < 4.78 is 10.3. The Kier molecular flexibility index (Phi) is 6.91. The summed E-state index contributed by atoms with van der Waals surface area (Å²) in [5.74, 6) is -0.0135. The lowest BCUT2D eigenvalue weighted by atomic mass is 10.0. The summed E-state index contributed by atoms with van der Waals surface area (Å²) >= 11 is 6.09. The number of halogens is 1. The molecular formula is C20H25ClN2O4. The maximum atomic E-state index is 12.4. The van der Waals surface area contributed by atoms with Gasteiger partial charge in [0.1, 0.15) is 11.4 Å². The third-order valence-electron chi connectivity index (χ3n) is 4.43. The first-order valence-electron chi connectivity index (χ1n) is 8.77. The van der Waals surface area contributed by atoms with E-state index in [1.807, 2.05) is 20.8 Å². The number of hydrogen-bond acceptors (Lipinski definition) is 4. The van der Waals surface area contributed by atoms with E-state index in [4.69, 9.17) is 21.1 Å². The number of aromatic amines is 1. The number of ether oxygens (including phenoxy) is 2. The van der Waals surface area contributed by atoms with Gasteiger partial charge in [0.15, 0.2) is 0 Å². The minimum atomic E-state index is -0.379. The van der Waals surface area contributed by atoms with Gasteiger partial charge in [0, 0.05) is 23.2 Å². The fourth-order valence-corrected chi connectivity index (χ4v) is 3.11. The molecule has 146 valence electrons. The van der Waals surface area contributed by atoms with Gasteiger partial charge in [0.05, 0.1) is 19.4 Å². The zero-order chi connectivity index (χ0) is 20.1. The first-order valence-corrected chi connectivity index (χ1v) is 9.15. The van der Waals surface area contributed by atoms with Gasteiger partial charge < -0.3 is 19.8 Å². The van der Waals surface area contributed by atoms with Crippen LogP contribution in [0.3, 0.4) is 0 Å². The quantitative estimate of drug-likeness (QED) is 0.686. The van der Waals surface area contributed by atoms with Crippen LogP contribution in [0.5, 0.6) is 5.75 Å². The molecule has 0 atom stereocenters. The molecule has 2 aromatic rings. The van der Waals surface area contributed by atoms with E-state index in [1.165, 1.54) is 7.11 Å². The molecule has 27 heavy (non-hydrogen) atoms. The van der Waals surface area contributed by atoms with E-state index >= 15 is 0 Å². The zero-order valence-electron chi connectivity index (χ0n) is 16.3. The summed E-state index contributed by atoms with van der Waals surface area (Å²) in [5, 5.41) is 3.44. The van der Waals surface area contributed by atoms with Crippen LogP contribution in [-0.4, -0.2) is 30.6 Å². The van der Waals surface area contributed by atoms with E-state index in [2.05, 4.69) is 10.3 Å². The van der Waals surface area contributed by atoms with Crippen LogP contribution in [0.4, 0.5) is 5.69 Å². The average molecular weight is 393 g/mol. The molecule has 1 amide bonds. The van der Waals surface area contributed by atoms with Crippen molar-refractivity contribution in [3.8, 4) is 5.75 Å². The van der Waals surface area contributed by atoms with E-state index in [0.29, 0.717) is 35.2 Å². The second-order valence-electron chi connectivity index (χ2n) is 6.30. The molecule has 0 radical (unpaired) electrons. The van der Waals surface area contributed by atoms with E-state index < -0.39 is 0 Å². The van der Waals surface area contributed by atoms with Crippen molar-refractivity contribution in [2.45, 2.75) is 40.5 Å². The molecule has 0 bridgehead atoms. The molecule has 7 heteroatoms. The highest BCUT2D eigenvalue weighted by molar-refractivity contribution is 6.31. The summed E-state index contributed by atoms with van der Waals surface area (Å²) in [6, 6.07) is 3.46. The van der Waals surface area contributed by atoms with Crippen LogP contribution in [0.15, 0.2) is 12.1 Å². The first kappa shape index (κ1) is 20.8. The highest BCUT2D eigenvalue weighted by Gasteiger charge is 2.19. The number of amides is 1. The number of H-pyrrole nitrogens is 1. The van der Waals surface area contributed by atoms with Crippen molar-refractivity contribution >= 4 is 29.2 Å². The third-order valence-corrected chi connectivity index (χ3v) is 4.84. The van der Waals surface area contributed by atoms with Crippen molar-refractivity contribution in [1.82, 2.24) is 4.98 Å². The van der Waals surface area contributed by atoms with Gasteiger partial charge in [0.2, 0.25) is 5.91 Å². The van der Waals surface area contributed by atoms with Crippen LogP contribution in [0, 0.1) is 20.8 Å². The normalized spacial score (nSPS) is 10.6. The van der Waals surface area contributed by atoms with Gasteiger partial charge in [-0.05, 0) is 56.9 Å². The molecule has 2 N–H and O–H groups in total. The lowest BCUT2D eigenvalue weighted by Gasteiger charge is -2.12. The van der Waals surface area contributed by atoms with Crippen LogP contribution >= 0.6 is 11.6 Å². The molecule has 0 fully saturated rings. The minimum absolute atomic E-state index is 0.146. The van der Waals surface area contributed by atoms with Crippen LogP contribution < -0.4 is 10.1 Å². The lowest BCUT2D eigenvalue weighted by Crippen LogP contribution is -2.13. The van der Waals surface area contributed by atoms with Gasteiger partial charge in [0.25, 0.3) is 0 Å². The average Bonchev–Trinajstić information content (AvgIpc) is 2.90. The minimum Gasteiger partial charge on any atom is -0.495 e. The summed E-state index contributed by atoms with van der Waals surface area (Å²) in [6.07, 6.45) is 0.779. The van der Waals surface area contributed by atoms with Crippen molar-refractivity contribution < 1.29 is 19.1 Å². The number of anilines is 1. The molecular weight excluding hydrogens is 368 g/mol. The molecule has 0 aliphatic carbocycles. The Hall–Kier alpha value is -2.47. The van der Waals surface area contributed by atoms with Gasteiger partial charge >= 0.3 is 5.97 Å². The standard InChI is InChI=1S/C20H25ClN2O4/c1-6-27-20(25)19-12(3)14(13(4)22-19)7-8-18(24)23-16-9-11(2)15(21)10-17(16)26-5/h9-10,22H,6-8H2,1-5H3,(H,23,24). The van der Waals surface area contributed by atoms with E-state index in [9.17, 15) is 9.59 Å². The molecule has 0 aliphatic rings. The predicted molar refractivity (Wildman–Crippen MR) is 106 cm³/mol. The van der Waals surface area contributed by atoms with Gasteiger partial charge in [-0.1, -0.05) is 11.6 Å². The van der Waals surface area contributed by atoms with Gasteiger partial charge in [-0.3, -0.25) is 4.79 Å². The number of methoxy groups -OCH3 is 1. The van der Waals surface area contributed by atoms with Gasteiger partial charge in [-0.2, -0.15) is 0 Å².